The second kappa shape index (κ2) is 10.2. The fourth-order valence-electron chi connectivity index (χ4n) is 2.83. The highest BCUT2D eigenvalue weighted by atomic mass is 127. The number of aliphatic hydroxyl groups excluding tert-OH is 2. The number of aliphatic hydroxyl groups is 2. The van der Waals surface area contributed by atoms with Gasteiger partial charge in [-0.25, -0.2) is 4.79 Å². The highest BCUT2D eigenvalue weighted by molar-refractivity contribution is 14.1. The number of carbonyl (C=O) groups is 1. The van der Waals surface area contributed by atoms with Gasteiger partial charge in [0.25, 0.3) is 0 Å². The number of benzene rings is 2. The molecule has 0 spiro atoms. The van der Waals surface area contributed by atoms with Gasteiger partial charge < -0.3 is 14.9 Å². The van der Waals surface area contributed by atoms with Gasteiger partial charge in [0.1, 0.15) is 5.60 Å². The van der Waals surface area contributed by atoms with E-state index in [0.29, 0.717) is 12.0 Å². The first-order valence-corrected chi connectivity index (χ1v) is 10.4. The molecule has 0 bridgehead atoms. The molecule has 0 unspecified atom stereocenters. The largest absolute Gasteiger partial charge is 0.444 e. The maximum atomic E-state index is 12.9. The second-order valence-electron chi connectivity index (χ2n) is 7.73. The van der Waals surface area contributed by atoms with Gasteiger partial charge in [-0.15, -0.1) is 0 Å². The van der Waals surface area contributed by atoms with Crippen molar-refractivity contribution in [3.8, 4) is 0 Å². The summed E-state index contributed by atoms with van der Waals surface area (Å²) in [4.78, 5) is 14.3. The van der Waals surface area contributed by atoms with Crippen molar-refractivity contribution in [3.05, 3.63) is 69.3 Å². The van der Waals surface area contributed by atoms with E-state index < -0.39 is 23.8 Å². The first-order valence-electron chi connectivity index (χ1n) is 9.27. The molecule has 0 heterocycles. The molecule has 2 atom stereocenters. The summed E-state index contributed by atoms with van der Waals surface area (Å²) in [6.07, 6.45) is -0.958. The summed E-state index contributed by atoms with van der Waals surface area (Å²) in [5.41, 5.74) is 1.04. The van der Waals surface area contributed by atoms with Crippen LogP contribution in [0.4, 0.5) is 4.79 Å². The summed E-state index contributed by atoms with van der Waals surface area (Å²) in [6, 6.07) is 16.6. The zero-order valence-corrected chi connectivity index (χ0v) is 18.7. The van der Waals surface area contributed by atoms with Crippen LogP contribution in [-0.4, -0.2) is 46.0 Å². The minimum absolute atomic E-state index is 0.0362. The molecule has 0 aliphatic heterocycles. The molecule has 0 saturated carbocycles. The molecule has 0 aliphatic rings. The van der Waals surface area contributed by atoms with Crippen LogP contribution in [0.1, 0.15) is 38.0 Å². The van der Waals surface area contributed by atoms with Gasteiger partial charge in [0, 0.05) is 3.57 Å². The molecule has 0 saturated heterocycles. The summed E-state index contributed by atoms with van der Waals surface area (Å²) < 4.78 is 6.66. The quantitative estimate of drug-likeness (QED) is 0.564. The molecule has 0 radical (unpaired) electrons. The maximum absolute atomic E-state index is 12.9. The Morgan fingerprint density at radius 3 is 2.25 bits per heavy atom. The average molecular weight is 497 g/mol. The van der Waals surface area contributed by atoms with Crippen LogP contribution in [0.2, 0.25) is 0 Å². The Labute approximate surface area is 180 Å². The van der Waals surface area contributed by atoms with Gasteiger partial charge >= 0.3 is 6.09 Å². The van der Waals surface area contributed by atoms with E-state index in [-0.39, 0.29) is 13.2 Å². The van der Waals surface area contributed by atoms with Crippen molar-refractivity contribution in [1.29, 1.82) is 0 Å². The van der Waals surface area contributed by atoms with E-state index in [1.807, 2.05) is 54.6 Å². The lowest BCUT2D eigenvalue weighted by atomic mass is 10.0. The zero-order valence-electron chi connectivity index (χ0n) is 16.5. The fraction of sp³-hybridized carbons (Fsp3) is 0.409. The first kappa shape index (κ1) is 22.6. The number of hydrogen-bond acceptors (Lipinski definition) is 4. The molecule has 0 fully saturated rings. The van der Waals surface area contributed by atoms with Gasteiger partial charge in [-0.2, -0.15) is 0 Å². The van der Waals surface area contributed by atoms with Crippen molar-refractivity contribution in [2.45, 2.75) is 44.9 Å². The molecule has 1 amide bonds. The van der Waals surface area contributed by atoms with Gasteiger partial charge in [-0.3, -0.25) is 4.90 Å². The van der Waals surface area contributed by atoms with Crippen LogP contribution in [0.3, 0.4) is 0 Å². The summed E-state index contributed by atoms with van der Waals surface area (Å²) in [6.45, 7) is 5.19. The standard InChI is InChI=1S/C22H28INO4/c1-22(2,3)28-21(27)24(14-20(26)17-7-5-4-6-8-17)19(15-25)13-16-9-11-18(23)12-10-16/h4-12,19-20,25-26H,13-15H2,1-3H3/t19-,20-/m1/s1. The molecule has 152 valence electrons. The van der Waals surface area contributed by atoms with Gasteiger partial charge in [-0.1, -0.05) is 42.5 Å². The van der Waals surface area contributed by atoms with Crippen LogP contribution in [0, 0.1) is 3.57 Å². The van der Waals surface area contributed by atoms with Crippen molar-refractivity contribution in [2.24, 2.45) is 0 Å². The van der Waals surface area contributed by atoms with Crippen molar-refractivity contribution >= 4 is 28.7 Å². The summed E-state index contributed by atoms with van der Waals surface area (Å²) in [5, 5.41) is 20.7. The number of hydrogen-bond donors (Lipinski definition) is 2. The summed E-state index contributed by atoms with van der Waals surface area (Å²) in [5.74, 6) is 0. The maximum Gasteiger partial charge on any atom is 0.410 e. The molecule has 0 aliphatic carbocycles. The van der Waals surface area contributed by atoms with Gasteiger partial charge in [0.2, 0.25) is 0 Å². The molecule has 6 heteroatoms. The van der Waals surface area contributed by atoms with Gasteiger partial charge in [-0.05, 0) is 73.0 Å². The lowest BCUT2D eigenvalue weighted by molar-refractivity contribution is -0.00373. The summed E-state index contributed by atoms with van der Waals surface area (Å²) in [7, 11) is 0. The van der Waals surface area contributed by atoms with E-state index in [4.69, 9.17) is 4.74 Å². The topological polar surface area (TPSA) is 70.0 Å². The SMILES string of the molecule is CC(C)(C)OC(=O)N(C[C@@H](O)c1ccccc1)[C@@H](CO)Cc1ccc(I)cc1. The molecule has 2 aromatic carbocycles. The Kier molecular flexibility index (Phi) is 8.27. The van der Waals surface area contributed by atoms with Crippen LogP contribution in [-0.2, 0) is 11.2 Å². The number of amides is 1. The van der Waals surface area contributed by atoms with E-state index in [1.165, 1.54) is 4.90 Å². The van der Waals surface area contributed by atoms with Crippen LogP contribution in [0.25, 0.3) is 0 Å². The highest BCUT2D eigenvalue weighted by Crippen LogP contribution is 2.20. The third kappa shape index (κ3) is 7.07. The smallest absolute Gasteiger partial charge is 0.410 e. The third-order valence-corrected chi connectivity index (χ3v) is 4.94. The van der Waals surface area contributed by atoms with Crippen LogP contribution >= 0.6 is 22.6 Å². The van der Waals surface area contributed by atoms with Crippen LogP contribution in [0.15, 0.2) is 54.6 Å². The Balaban J connectivity index is 2.23. The third-order valence-electron chi connectivity index (χ3n) is 4.22. The number of rotatable bonds is 7. The van der Waals surface area contributed by atoms with Crippen molar-refractivity contribution in [1.82, 2.24) is 4.90 Å². The number of ether oxygens (including phenoxy) is 1. The molecule has 5 nitrogen and oxygen atoms in total. The average Bonchev–Trinajstić information content (AvgIpc) is 2.65. The minimum Gasteiger partial charge on any atom is -0.444 e. The molecule has 28 heavy (non-hydrogen) atoms. The van der Waals surface area contributed by atoms with Gasteiger partial charge in [0.15, 0.2) is 0 Å². The van der Waals surface area contributed by atoms with Crippen LogP contribution < -0.4 is 0 Å². The molecule has 2 N–H and O–H groups in total. The zero-order chi connectivity index (χ0) is 20.7. The van der Waals surface area contributed by atoms with E-state index in [9.17, 15) is 15.0 Å². The van der Waals surface area contributed by atoms with Gasteiger partial charge in [0.05, 0.1) is 25.3 Å². The number of halogens is 1. The molecular formula is C22H28INO4. The Hall–Kier alpha value is -1.64. The number of nitrogens with zero attached hydrogens (tertiary/aromatic N) is 1. The second-order valence-corrected chi connectivity index (χ2v) is 8.97. The summed E-state index contributed by atoms with van der Waals surface area (Å²) >= 11 is 2.23. The van der Waals surface area contributed by atoms with E-state index >= 15 is 0 Å². The van der Waals surface area contributed by atoms with Crippen molar-refractivity contribution in [3.63, 3.8) is 0 Å². The predicted molar refractivity (Wildman–Crippen MR) is 118 cm³/mol. The van der Waals surface area contributed by atoms with Crippen molar-refractivity contribution < 1.29 is 19.7 Å². The fourth-order valence-corrected chi connectivity index (χ4v) is 3.19. The molecule has 0 aromatic heterocycles. The minimum atomic E-state index is -0.875. The van der Waals surface area contributed by atoms with E-state index in [1.54, 1.807) is 20.8 Å². The van der Waals surface area contributed by atoms with Crippen LogP contribution in [0.5, 0.6) is 0 Å². The Bertz CT molecular complexity index is 743. The molecule has 2 aromatic rings. The first-order chi connectivity index (χ1) is 13.2. The molecular weight excluding hydrogens is 469 g/mol. The normalized spacial score (nSPS) is 13.6. The molecule has 2 rings (SSSR count). The van der Waals surface area contributed by atoms with E-state index in [2.05, 4.69) is 22.6 Å². The lowest BCUT2D eigenvalue weighted by Gasteiger charge is -2.34. The van der Waals surface area contributed by atoms with Crippen molar-refractivity contribution in [2.75, 3.05) is 13.2 Å². The monoisotopic (exact) mass is 497 g/mol. The predicted octanol–water partition coefficient (Wildman–Crippen LogP) is 4.17. The van der Waals surface area contributed by atoms with E-state index in [0.717, 1.165) is 9.13 Å². The highest BCUT2D eigenvalue weighted by Gasteiger charge is 2.30. The number of carbonyl (C=O) groups excluding carboxylic acids is 1. The lowest BCUT2D eigenvalue weighted by Crippen LogP contribution is -2.48. The Morgan fingerprint density at radius 1 is 1.11 bits per heavy atom. The Morgan fingerprint density at radius 2 is 1.71 bits per heavy atom.